The lowest BCUT2D eigenvalue weighted by Gasteiger charge is -2.13. The molecule has 1 heterocycles. The Morgan fingerprint density at radius 2 is 1.95 bits per heavy atom. The van der Waals surface area contributed by atoms with Crippen LogP contribution in [0.1, 0.15) is 32.5 Å². The van der Waals surface area contributed by atoms with E-state index in [4.69, 9.17) is 15.2 Å². The molecule has 108 valence electrons. The molecule has 0 aliphatic carbocycles. The SMILES string of the molecule is CCCOc1nc(CCC)nc(NCCOC)c1N. The maximum Gasteiger partial charge on any atom is 0.242 e. The molecule has 0 saturated carbocycles. The van der Waals surface area contributed by atoms with E-state index in [-0.39, 0.29) is 0 Å². The largest absolute Gasteiger partial charge is 0.476 e. The Morgan fingerprint density at radius 1 is 1.16 bits per heavy atom. The third-order valence-electron chi connectivity index (χ3n) is 2.47. The van der Waals surface area contributed by atoms with Crippen molar-refractivity contribution >= 4 is 11.5 Å². The van der Waals surface area contributed by atoms with Gasteiger partial charge in [0.25, 0.3) is 0 Å². The molecule has 0 aliphatic heterocycles. The summed E-state index contributed by atoms with van der Waals surface area (Å²) in [6.45, 7) is 5.98. The molecule has 19 heavy (non-hydrogen) atoms. The highest BCUT2D eigenvalue weighted by atomic mass is 16.5. The number of nitrogens with two attached hydrogens (primary N) is 1. The van der Waals surface area contributed by atoms with Gasteiger partial charge in [-0.25, -0.2) is 4.98 Å². The molecule has 0 aromatic carbocycles. The van der Waals surface area contributed by atoms with Gasteiger partial charge >= 0.3 is 0 Å². The summed E-state index contributed by atoms with van der Waals surface area (Å²) in [5.41, 5.74) is 6.48. The van der Waals surface area contributed by atoms with Crippen LogP contribution in [0.5, 0.6) is 5.88 Å². The Morgan fingerprint density at radius 3 is 2.58 bits per heavy atom. The first-order chi connectivity index (χ1) is 9.22. The zero-order valence-corrected chi connectivity index (χ0v) is 12.0. The second-order valence-corrected chi connectivity index (χ2v) is 4.23. The van der Waals surface area contributed by atoms with E-state index in [2.05, 4.69) is 22.2 Å². The Bertz CT molecular complexity index is 385. The minimum absolute atomic E-state index is 0.462. The number of nitrogens with one attached hydrogen (secondary N) is 1. The van der Waals surface area contributed by atoms with Crippen LogP contribution in [0.2, 0.25) is 0 Å². The predicted octanol–water partition coefficient (Wildman–Crippen LogP) is 1.86. The van der Waals surface area contributed by atoms with Crippen LogP contribution in [0.15, 0.2) is 0 Å². The van der Waals surface area contributed by atoms with Crippen molar-refractivity contribution in [1.29, 1.82) is 0 Å². The van der Waals surface area contributed by atoms with E-state index in [1.807, 2.05) is 6.92 Å². The Labute approximate surface area is 114 Å². The summed E-state index contributed by atoms with van der Waals surface area (Å²) < 4.78 is 10.6. The Hall–Kier alpha value is -1.56. The van der Waals surface area contributed by atoms with E-state index in [9.17, 15) is 0 Å². The van der Waals surface area contributed by atoms with Gasteiger partial charge in [0.05, 0.1) is 13.2 Å². The average molecular weight is 268 g/mol. The van der Waals surface area contributed by atoms with Gasteiger partial charge in [-0.05, 0) is 12.8 Å². The van der Waals surface area contributed by atoms with Crippen LogP contribution in [-0.2, 0) is 11.2 Å². The smallest absolute Gasteiger partial charge is 0.242 e. The number of aryl methyl sites for hydroxylation is 1. The van der Waals surface area contributed by atoms with E-state index in [1.165, 1.54) is 0 Å². The number of hydrogen-bond donors (Lipinski definition) is 2. The van der Waals surface area contributed by atoms with Crippen molar-refractivity contribution in [3.05, 3.63) is 5.82 Å². The third-order valence-corrected chi connectivity index (χ3v) is 2.47. The number of ether oxygens (including phenoxy) is 2. The third kappa shape index (κ3) is 4.90. The topological polar surface area (TPSA) is 82.3 Å². The van der Waals surface area contributed by atoms with Crippen molar-refractivity contribution in [2.24, 2.45) is 0 Å². The fraction of sp³-hybridized carbons (Fsp3) is 0.692. The molecule has 1 rings (SSSR count). The van der Waals surface area contributed by atoms with Gasteiger partial charge in [0.2, 0.25) is 5.88 Å². The molecule has 0 unspecified atom stereocenters. The molecule has 0 saturated heterocycles. The lowest BCUT2D eigenvalue weighted by Crippen LogP contribution is -2.14. The van der Waals surface area contributed by atoms with Gasteiger partial charge in [0.1, 0.15) is 11.5 Å². The summed E-state index contributed by atoms with van der Waals surface area (Å²) in [6.07, 6.45) is 2.70. The summed E-state index contributed by atoms with van der Waals surface area (Å²) >= 11 is 0. The monoisotopic (exact) mass is 268 g/mol. The number of aromatic nitrogens is 2. The van der Waals surface area contributed by atoms with Crippen molar-refractivity contribution in [2.45, 2.75) is 33.1 Å². The van der Waals surface area contributed by atoms with E-state index in [0.717, 1.165) is 25.1 Å². The molecule has 0 atom stereocenters. The molecule has 1 aromatic rings. The second-order valence-electron chi connectivity index (χ2n) is 4.23. The van der Waals surface area contributed by atoms with Gasteiger partial charge < -0.3 is 20.5 Å². The van der Waals surface area contributed by atoms with Gasteiger partial charge in [0.15, 0.2) is 5.82 Å². The van der Waals surface area contributed by atoms with Gasteiger partial charge in [-0.3, -0.25) is 0 Å². The lowest BCUT2D eigenvalue weighted by atomic mass is 10.3. The molecule has 3 N–H and O–H groups in total. The zero-order valence-electron chi connectivity index (χ0n) is 12.0. The summed E-state index contributed by atoms with van der Waals surface area (Å²) in [7, 11) is 1.66. The van der Waals surface area contributed by atoms with Gasteiger partial charge in [-0.15, -0.1) is 0 Å². The second kappa shape index (κ2) is 8.53. The van der Waals surface area contributed by atoms with Crippen molar-refractivity contribution < 1.29 is 9.47 Å². The minimum atomic E-state index is 0.462. The highest BCUT2D eigenvalue weighted by molar-refractivity contribution is 5.66. The molecule has 0 aliphatic rings. The predicted molar refractivity (Wildman–Crippen MR) is 76.6 cm³/mol. The lowest BCUT2D eigenvalue weighted by molar-refractivity contribution is 0.210. The van der Waals surface area contributed by atoms with Crippen LogP contribution in [0, 0.1) is 0 Å². The van der Waals surface area contributed by atoms with E-state index in [0.29, 0.717) is 37.1 Å². The highest BCUT2D eigenvalue weighted by Crippen LogP contribution is 2.26. The van der Waals surface area contributed by atoms with Gasteiger partial charge in [0, 0.05) is 20.1 Å². The van der Waals surface area contributed by atoms with Crippen molar-refractivity contribution in [2.75, 3.05) is 37.9 Å². The van der Waals surface area contributed by atoms with Crippen LogP contribution < -0.4 is 15.8 Å². The van der Waals surface area contributed by atoms with Crippen LogP contribution in [0.4, 0.5) is 11.5 Å². The molecule has 0 fully saturated rings. The minimum Gasteiger partial charge on any atom is -0.476 e. The van der Waals surface area contributed by atoms with Crippen LogP contribution in [0.25, 0.3) is 0 Å². The average Bonchev–Trinajstić information content (AvgIpc) is 2.41. The fourth-order valence-electron chi connectivity index (χ4n) is 1.54. The Balaban J connectivity index is 2.88. The summed E-state index contributed by atoms with van der Waals surface area (Å²) in [4.78, 5) is 8.78. The molecular formula is C13H24N4O2. The number of hydrogen-bond acceptors (Lipinski definition) is 6. The van der Waals surface area contributed by atoms with Gasteiger partial charge in [-0.1, -0.05) is 13.8 Å². The van der Waals surface area contributed by atoms with Crippen LogP contribution >= 0.6 is 0 Å². The molecule has 0 amide bonds. The number of anilines is 2. The normalized spacial score (nSPS) is 10.5. The quantitative estimate of drug-likeness (QED) is 0.665. The maximum atomic E-state index is 6.02. The summed E-state index contributed by atoms with van der Waals surface area (Å²) in [6, 6.07) is 0. The molecule has 0 bridgehead atoms. The van der Waals surface area contributed by atoms with E-state index >= 15 is 0 Å². The molecule has 0 radical (unpaired) electrons. The van der Waals surface area contributed by atoms with Crippen molar-refractivity contribution in [3.63, 3.8) is 0 Å². The molecule has 1 aromatic heterocycles. The van der Waals surface area contributed by atoms with Gasteiger partial charge in [-0.2, -0.15) is 4.98 Å². The first-order valence-corrected chi connectivity index (χ1v) is 6.74. The maximum absolute atomic E-state index is 6.02. The van der Waals surface area contributed by atoms with E-state index < -0.39 is 0 Å². The van der Waals surface area contributed by atoms with E-state index in [1.54, 1.807) is 7.11 Å². The van der Waals surface area contributed by atoms with Crippen molar-refractivity contribution in [1.82, 2.24) is 9.97 Å². The summed E-state index contributed by atoms with van der Waals surface area (Å²) in [5, 5.41) is 3.15. The molecular weight excluding hydrogens is 244 g/mol. The van der Waals surface area contributed by atoms with Crippen molar-refractivity contribution in [3.8, 4) is 5.88 Å². The fourth-order valence-corrected chi connectivity index (χ4v) is 1.54. The van der Waals surface area contributed by atoms with Crippen LogP contribution in [0.3, 0.4) is 0 Å². The first kappa shape index (κ1) is 15.5. The number of nitrogen functional groups attached to an aromatic ring is 1. The molecule has 6 heteroatoms. The number of rotatable bonds is 9. The number of nitrogens with zero attached hydrogens (tertiary/aromatic N) is 2. The zero-order chi connectivity index (χ0) is 14.1. The first-order valence-electron chi connectivity index (χ1n) is 6.74. The standard InChI is InChI=1S/C13H24N4O2/c1-4-6-10-16-12(15-7-9-18-3)11(14)13(17-10)19-8-5-2/h4-9,14H2,1-3H3,(H,15,16,17). The van der Waals surface area contributed by atoms with Crippen LogP contribution in [-0.4, -0.2) is 36.8 Å². The summed E-state index contributed by atoms with van der Waals surface area (Å²) in [5.74, 6) is 1.85. The number of methoxy groups -OCH3 is 1. The molecule has 6 nitrogen and oxygen atoms in total. The Kier molecular flexibility index (Phi) is 6.95. The highest BCUT2D eigenvalue weighted by Gasteiger charge is 2.12. The molecule has 0 spiro atoms.